The Balaban J connectivity index is 2.00. The zero-order valence-corrected chi connectivity index (χ0v) is 12.8. The third-order valence-electron chi connectivity index (χ3n) is 5.47. The molecule has 1 N–H and O–H groups in total. The molecule has 1 fully saturated rings. The van der Waals surface area contributed by atoms with Crippen LogP contribution in [-0.2, 0) is 0 Å². The minimum absolute atomic E-state index is 0.389. The lowest BCUT2D eigenvalue weighted by Crippen LogP contribution is -2.56. The van der Waals surface area contributed by atoms with Gasteiger partial charge in [-0.2, -0.15) is 0 Å². The van der Waals surface area contributed by atoms with Gasteiger partial charge in [0.15, 0.2) is 0 Å². The molecule has 3 atom stereocenters. The van der Waals surface area contributed by atoms with Crippen LogP contribution < -0.4 is 5.32 Å². The summed E-state index contributed by atoms with van der Waals surface area (Å²) in [6, 6.07) is 16.2. The average Bonchev–Trinajstić information content (AvgIpc) is 2.50. The molecule has 1 nitrogen and oxygen atoms in total. The van der Waals surface area contributed by atoms with Gasteiger partial charge in [0, 0.05) is 6.04 Å². The summed E-state index contributed by atoms with van der Waals surface area (Å²) in [5.41, 5.74) is 1.93. The van der Waals surface area contributed by atoms with Gasteiger partial charge in [-0.3, -0.25) is 0 Å². The average molecular weight is 267 g/mol. The van der Waals surface area contributed by atoms with E-state index < -0.39 is 0 Å². The van der Waals surface area contributed by atoms with E-state index in [-0.39, 0.29) is 0 Å². The molecule has 0 radical (unpaired) electrons. The minimum atomic E-state index is 0.389. The Morgan fingerprint density at radius 3 is 2.60 bits per heavy atom. The molecule has 1 heteroatoms. The van der Waals surface area contributed by atoms with Crippen molar-refractivity contribution in [2.45, 2.75) is 45.6 Å². The molecule has 0 amide bonds. The predicted molar refractivity (Wildman–Crippen MR) is 87.2 cm³/mol. The van der Waals surface area contributed by atoms with Gasteiger partial charge in [0.2, 0.25) is 0 Å². The number of nitrogens with one attached hydrogen (secondary N) is 1. The summed E-state index contributed by atoms with van der Waals surface area (Å²) in [6.45, 7) is 8.07. The van der Waals surface area contributed by atoms with Crippen LogP contribution in [0.3, 0.4) is 0 Å². The van der Waals surface area contributed by atoms with E-state index in [1.54, 1.807) is 5.56 Å². The SMILES string of the molecule is CCNC1CC(c2cccc3ccccc23)C1(C)CC. The van der Waals surface area contributed by atoms with E-state index in [1.807, 2.05) is 0 Å². The van der Waals surface area contributed by atoms with Gasteiger partial charge in [-0.1, -0.05) is 63.2 Å². The van der Waals surface area contributed by atoms with Crippen LogP contribution in [0, 0.1) is 5.41 Å². The largest absolute Gasteiger partial charge is 0.314 e. The van der Waals surface area contributed by atoms with Gasteiger partial charge in [-0.05, 0) is 47.1 Å². The fourth-order valence-corrected chi connectivity index (χ4v) is 3.95. The summed E-state index contributed by atoms with van der Waals surface area (Å²) in [6.07, 6.45) is 2.50. The first kappa shape index (κ1) is 13.6. The van der Waals surface area contributed by atoms with Crippen LogP contribution in [0.5, 0.6) is 0 Å². The summed E-state index contributed by atoms with van der Waals surface area (Å²) in [5.74, 6) is 0.683. The summed E-state index contributed by atoms with van der Waals surface area (Å²) in [5, 5.41) is 6.48. The fraction of sp³-hybridized carbons (Fsp3) is 0.474. The summed E-state index contributed by atoms with van der Waals surface area (Å²) in [4.78, 5) is 0. The zero-order chi connectivity index (χ0) is 14.2. The molecule has 0 bridgehead atoms. The second-order valence-electron chi connectivity index (χ2n) is 6.33. The molecular formula is C19H25N. The number of hydrogen-bond acceptors (Lipinski definition) is 1. The molecule has 0 aliphatic heterocycles. The number of hydrogen-bond donors (Lipinski definition) is 1. The van der Waals surface area contributed by atoms with Crippen molar-refractivity contribution >= 4 is 10.8 Å². The van der Waals surface area contributed by atoms with Crippen molar-refractivity contribution in [2.75, 3.05) is 6.54 Å². The van der Waals surface area contributed by atoms with Gasteiger partial charge in [-0.15, -0.1) is 0 Å². The maximum atomic E-state index is 3.67. The van der Waals surface area contributed by atoms with E-state index in [0.29, 0.717) is 17.4 Å². The van der Waals surface area contributed by atoms with Crippen molar-refractivity contribution in [3.05, 3.63) is 48.0 Å². The van der Waals surface area contributed by atoms with E-state index >= 15 is 0 Å². The summed E-state index contributed by atoms with van der Waals surface area (Å²) < 4.78 is 0. The Kier molecular flexibility index (Phi) is 3.55. The highest BCUT2D eigenvalue weighted by atomic mass is 15.0. The lowest BCUT2D eigenvalue weighted by Gasteiger charge is -2.55. The molecule has 20 heavy (non-hydrogen) atoms. The molecule has 1 saturated carbocycles. The first-order valence-corrected chi connectivity index (χ1v) is 7.91. The second kappa shape index (κ2) is 5.21. The maximum absolute atomic E-state index is 3.67. The minimum Gasteiger partial charge on any atom is -0.314 e. The number of fused-ring (bicyclic) bond motifs is 1. The van der Waals surface area contributed by atoms with Crippen LogP contribution in [0.1, 0.15) is 45.1 Å². The Bertz CT molecular complexity index is 598. The van der Waals surface area contributed by atoms with E-state index in [0.717, 1.165) is 6.54 Å². The monoisotopic (exact) mass is 267 g/mol. The smallest absolute Gasteiger partial charge is 0.0133 e. The Morgan fingerprint density at radius 1 is 1.10 bits per heavy atom. The highest BCUT2D eigenvalue weighted by Crippen LogP contribution is 2.55. The Morgan fingerprint density at radius 2 is 1.85 bits per heavy atom. The molecule has 0 spiro atoms. The van der Waals surface area contributed by atoms with E-state index in [1.165, 1.54) is 23.6 Å². The van der Waals surface area contributed by atoms with Crippen LogP contribution in [0.2, 0.25) is 0 Å². The second-order valence-corrected chi connectivity index (χ2v) is 6.33. The molecule has 3 unspecified atom stereocenters. The first-order valence-electron chi connectivity index (χ1n) is 7.91. The molecule has 3 rings (SSSR count). The van der Waals surface area contributed by atoms with Gasteiger partial charge in [0.05, 0.1) is 0 Å². The lowest BCUT2D eigenvalue weighted by atomic mass is 9.53. The van der Waals surface area contributed by atoms with Gasteiger partial charge in [0.25, 0.3) is 0 Å². The molecule has 2 aromatic rings. The fourth-order valence-electron chi connectivity index (χ4n) is 3.95. The van der Waals surface area contributed by atoms with Crippen molar-refractivity contribution < 1.29 is 0 Å². The number of rotatable bonds is 4. The van der Waals surface area contributed by atoms with Crippen molar-refractivity contribution in [3.63, 3.8) is 0 Å². The molecule has 0 heterocycles. The molecule has 106 valence electrons. The van der Waals surface area contributed by atoms with E-state index in [9.17, 15) is 0 Å². The number of benzene rings is 2. The van der Waals surface area contributed by atoms with E-state index in [4.69, 9.17) is 0 Å². The van der Waals surface area contributed by atoms with Gasteiger partial charge in [0.1, 0.15) is 0 Å². The lowest BCUT2D eigenvalue weighted by molar-refractivity contribution is 0.0463. The summed E-state index contributed by atoms with van der Waals surface area (Å²) >= 11 is 0. The van der Waals surface area contributed by atoms with Gasteiger partial charge < -0.3 is 5.32 Å². The first-order chi connectivity index (χ1) is 9.70. The zero-order valence-electron chi connectivity index (χ0n) is 12.8. The molecule has 2 aromatic carbocycles. The third kappa shape index (κ3) is 1.96. The Labute approximate surface area is 122 Å². The third-order valence-corrected chi connectivity index (χ3v) is 5.47. The van der Waals surface area contributed by atoms with Crippen LogP contribution >= 0.6 is 0 Å². The molecule has 0 saturated heterocycles. The topological polar surface area (TPSA) is 12.0 Å². The molecule has 1 aliphatic carbocycles. The van der Waals surface area contributed by atoms with Crippen molar-refractivity contribution in [2.24, 2.45) is 5.41 Å². The highest BCUT2D eigenvalue weighted by molar-refractivity contribution is 5.86. The normalized spacial score (nSPS) is 29.4. The van der Waals surface area contributed by atoms with Crippen LogP contribution in [0.15, 0.2) is 42.5 Å². The van der Waals surface area contributed by atoms with Crippen LogP contribution in [0.4, 0.5) is 0 Å². The molecule has 0 aromatic heterocycles. The van der Waals surface area contributed by atoms with Crippen LogP contribution in [-0.4, -0.2) is 12.6 Å². The Hall–Kier alpha value is -1.34. The van der Waals surface area contributed by atoms with Gasteiger partial charge in [-0.25, -0.2) is 0 Å². The predicted octanol–water partition coefficient (Wildman–Crippen LogP) is 4.72. The summed E-state index contributed by atoms with van der Waals surface area (Å²) in [7, 11) is 0. The van der Waals surface area contributed by atoms with Crippen molar-refractivity contribution in [1.29, 1.82) is 0 Å². The standard InChI is InChI=1S/C19H25N/c1-4-19(3)17(13-18(19)20-5-2)16-12-8-10-14-9-6-7-11-15(14)16/h6-12,17-18,20H,4-5,13H2,1-3H3. The van der Waals surface area contributed by atoms with Crippen molar-refractivity contribution in [1.82, 2.24) is 5.32 Å². The molecule has 1 aliphatic rings. The quantitative estimate of drug-likeness (QED) is 0.845. The van der Waals surface area contributed by atoms with Crippen molar-refractivity contribution in [3.8, 4) is 0 Å². The van der Waals surface area contributed by atoms with Gasteiger partial charge >= 0.3 is 0 Å². The van der Waals surface area contributed by atoms with Crippen LogP contribution in [0.25, 0.3) is 10.8 Å². The highest BCUT2D eigenvalue weighted by Gasteiger charge is 2.50. The molecular weight excluding hydrogens is 242 g/mol. The van der Waals surface area contributed by atoms with E-state index in [2.05, 4.69) is 68.6 Å². The maximum Gasteiger partial charge on any atom is 0.0133 e.